The number of alkyl halides is 1. The highest BCUT2D eigenvalue weighted by molar-refractivity contribution is 7.86. The monoisotopic (exact) mass is 201 g/mol. The molecule has 13 heavy (non-hydrogen) atoms. The fourth-order valence-electron chi connectivity index (χ4n) is 1.83. The Morgan fingerprint density at radius 3 is 2.69 bits per heavy atom. The van der Waals surface area contributed by atoms with E-state index < -0.39 is 7.26 Å². The van der Waals surface area contributed by atoms with Gasteiger partial charge in [-0.3, -0.25) is 4.39 Å². The van der Waals surface area contributed by atoms with E-state index in [2.05, 4.69) is 25.9 Å². The van der Waals surface area contributed by atoms with Crippen molar-refractivity contribution in [1.29, 1.82) is 0 Å². The van der Waals surface area contributed by atoms with Gasteiger partial charge in [0.05, 0.1) is 25.9 Å². The summed E-state index contributed by atoms with van der Waals surface area (Å²) in [5.41, 5.74) is 1.72. The second-order valence-electron chi connectivity index (χ2n) is 3.93. The average molecular weight is 201 g/mol. The van der Waals surface area contributed by atoms with Crippen LogP contribution < -0.4 is 0 Å². The minimum absolute atomic E-state index is 0.0402. The first kappa shape index (κ1) is 10.9. The van der Waals surface area contributed by atoms with E-state index >= 15 is 0 Å². The molecule has 0 aromatic rings. The summed E-state index contributed by atoms with van der Waals surface area (Å²) in [4.78, 5) is 0. The Labute approximate surface area is 81.3 Å². The van der Waals surface area contributed by atoms with Crippen LogP contribution in [0.1, 0.15) is 13.8 Å². The van der Waals surface area contributed by atoms with E-state index in [0.717, 1.165) is 5.57 Å². The molecule has 1 heterocycles. The lowest BCUT2D eigenvalue weighted by atomic mass is 10.0. The van der Waals surface area contributed by atoms with E-state index in [0.29, 0.717) is 5.66 Å². The van der Waals surface area contributed by atoms with E-state index in [1.165, 1.54) is 12.3 Å². The molecular formula is C11H19FP+. The Morgan fingerprint density at radius 1 is 1.77 bits per heavy atom. The summed E-state index contributed by atoms with van der Waals surface area (Å²) in [6.07, 6.45) is 2.44. The first-order valence-electron chi connectivity index (χ1n) is 4.86. The maximum atomic E-state index is 12.4. The normalized spacial score (nSPS) is 33.9. The Bertz CT molecular complexity index is 224. The summed E-state index contributed by atoms with van der Waals surface area (Å²) < 4.78 is 12.4. The lowest BCUT2D eigenvalue weighted by Gasteiger charge is -2.09. The van der Waals surface area contributed by atoms with Gasteiger partial charge in [-0.05, 0) is 12.5 Å². The highest BCUT2D eigenvalue weighted by atomic mass is 31.2. The molecule has 0 aliphatic carbocycles. The van der Waals surface area contributed by atoms with Crippen molar-refractivity contribution in [3.05, 3.63) is 24.5 Å². The summed E-state index contributed by atoms with van der Waals surface area (Å²) in [6.45, 7) is 11.8. The number of rotatable bonds is 5. The molecular weight excluding hydrogens is 182 g/mol. The lowest BCUT2D eigenvalue weighted by molar-refractivity contribution is 0.416. The topological polar surface area (TPSA) is 0 Å². The molecule has 1 fully saturated rings. The molecule has 2 heteroatoms. The molecule has 0 aromatic heterocycles. The summed E-state index contributed by atoms with van der Waals surface area (Å²) in [7, 11) is -0.890. The number of hydrogen-bond donors (Lipinski definition) is 0. The fraction of sp³-hybridized carbons (Fsp3) is 0.636. The molecule has 0 radical (unpaired) electrons. The fourth-order valence-corrected chi connectivity index (χ4v) is 5.52. The second-order valence-corrected chi connectivity index (χ2v) is 8.12. The van der Waals surface area contributed by atoms with Gasteiger partial charge in [-0.2, -0.15) is 0 Å². The van der Waals surface area contributed by atoms with Crippen LogP contribution in [0.2, 0.25) is 0 Å². The first-order valence-corrected chi connectivity index (χ1v) is 7.15. The predicted octanol–water partition coefficient (Wildman–Crippen LogP) is 3.71. The van der Waals surface area contributed by atoms with Crippen LogP contribution in [-0.2, 0) is 0 Å². The largest absolute Gasteiger partial charge is 0.250 e. The van der Waals surface area contributed by atoms with E-state index in [1.807, 2.05) is 6.92 Å². The quantitative estimate of drug-likeness (QED) is 0.470. The van der Waals surface area contributed by atoms with E-state index in [-0.39, 0.29) is 12.6 Å². The smallest absolute Gasteiger partial charge is 0.129 e. The molecule has 1 rings (SSSR count). The SMILES string of the molecule is C=C[P+]1(CC)CC1C(=C)C(C)CF. The molecule has 0 amide bonds. The van der Waals surface area contributed by atoms with Crippen LogP contribution in [0.5, 0.6) is 0 Å². The minimum Gasteiger partial charge on any atom is -0.250 e. The van der Waals surface area contributed by atoms with Crippen molar-refractivity contribution in [2.24, 2.45) is 5.92 Å². The summed E-state index contributed by atoms with van der Waals surface area (Å²) >= 11 is 0. The Kier molecular flexibility index (Phi) is 3.29. The van der Waals surface area contributed by atoms with Crippen LogP contribution in [0.25, 0.3) is 0 Å². The molecule has 1 aliphatic rings. The van der Waals surface area contributed by atoms with Crippen molar-refractivity contribution in [3.8, 4) is 0 Å². The van der Waals surface area contributed by atoms with Gasteiger partial charge in [0.15, 0.2) is 0 Å². The van der Waals surface area contributed by atoms with Crippen LogP contribution in [0.15, 0.2) is 24.5 Å². The third-order valence-corrected chi connectivity index (χ3v) is 7.48. The first-order chi connectivity index (χ1) is 6.11. The van der Waals surface area contributed by atoms with Gasteiger partial charge in [0.1, 0.15) is 11.8 Å². The predicted molar refractivity (Wildman–Crippen MR) is 60.6 cm³/mol. The van der Waals surface area contributed by atoms with Crippen LogP contribution in [0.3, 0.4) is 0 Å². The van der Waals surface area contributed by atoms with Crippen LogP contribution >= 0.6 is 7.26 Å². The van der Waals surface area contributed by atoms with E-state index in [1.54, 1.807) is 0 Å². The van der Waals surface area contributed by atoms with Crippen LogP contribution in [-0.4, -0.2) is 24.7 Å². The molecule has 0 bridgehead atoms. The number of allylic oxidation sites excluding steroid dienone is 1. The minimum atomic E-state index is -0.890. The molecule has 1 aliphatic heterocycles. The molecule has 0 nitrogen and oxygen atoms in total. The van der Waals surface area contributed by atoms with Crippen molar-refractivity contribution in [2.75, 3.05) is 19.0 Å². The van der Waals surface area contributed by atoms with Gasteiger partial charge in [0, 0.05) is 5.92 Å². The zero-order chi connectivity index (χ0) is 10.1. The van der Waals surface area contributed by atoms with Gasteiger partial charge < -0.3 is 0 Å². The Hall–Kier alpha value is -0.160. The second kappa shape index (κ2) is 3.92. The molecule has 3 atom stereocenters. The summed E-state index contributed by atoms with van der Waals surface area (Å²) in [5.74, 6) is 2.17. The van der Waals surface area contributed by atoms with Crippen LogP contribution in [0.4, 0.5) is 4.39 Å². The van der Waals surface area contributed by atoms with E-state index in [4.69, 9.17) is 0 Å². The third kappa shape index (κ3) is 1.86. The van der Waals surface area contributed by atoms with Crippen molar-refractivity contribution >= 4 is 7.26 Å². The highest BCUT2D eigenvalue weighted by Gasteiger charge is 2.61. The summed E-state index contributed by atoms with van der Waals surface area (Å²) in [6, 6.07) is 0. The lowest BCUT2D eigenvalue weighted by Crippen LogP contribution is -2.05. The zero-order valence-corrected chi connectivity index (χ0v) is 9.49. The molecule has 74 valence electrons. The third-order valence-electron chi connectivity index (χ3n) is 3.24. The molecule has 0 N–H and O–H groups in total. The van der Waals surface area contributed by atoms with Crippen molar-refractivity contribution in [1.82, 2.24) is 0 Å². The molecule has 0 spiro atoms. The van der Waals surface area contributed by atoms with Gasteiger partial charge in [0.2, 0.25) is 0 Å². The Morgan fingerprint density at radius 2 is 2.38 bits per heavy atom. The number of halogens is 1. The molecule has 0 saturated carbocycles. The maximum Gasteiger partial charge on any atom is 0.129 e. The van der Waals surface area contributed by atoms with Crippen molar-refractivity contribution in [2.45, 2.75) is 19.5 Å². The molecule has 0 aromatic carbocycles. The zero-order valence-electron chi connectivity index (χ0n) is 8.59. The molecule has 3 unspecified atom stereocenters. The number of hydrogen-bond acceptors (Lipinski definition) is 0. The van der Waals surface area contributed by atoms with Gasteiger partial charge >= 0.3 is 0 Å². The van der Waals surface area contributed by atoms with Gasteiger partial charge in [-0.25, -0.2) is 0 Å². The van der Waals surface area contributed by atoms with Gasteiger partial charge in [0.25, 0.3) is 0 Å². The van der Waals surface area contributed by atoms with Crippen molar-refractivity contribution in [3.63, 3.8) is 0 Å². The highest BCUT2D eigenvalue weighted by Crippen LogP contribution is 2.81. The van der Waals surface area contributed by atoms with Gasteiger partial charge in [-0.15, -0.1) is 0 Å². The standard InChI is InChI=1S/C11H19FP/c1-5-13(6-2)8-11(13)10(4)9(3)7-12/h5,9,11H,1,4,6-8H2,2-3H3/q+1. The Balaban J connectivity index is 2.59. The summed E-state index contributed by atoms with van der Waals surface area (Å²) in [5, 5.41) is 0. The van der Waals surface area contributed by atoms with E-state index in [9.17, 15) is 4.39 Å². The maximum absolute atomic E-state index is 12.4. The van der Waals surface area contributed by atoms with Crippen molar-refractivity contribution < 1.29 is 4.39 Å². The van der Waals surface area contributed by atoms with Crippen LogP contribution in [0, 0.1) is 5.92 Å². The van der Waals surface area contributed by atoms with Gasteiger partial charge in [-0.1, -0.05) is 20.1 Å². The average Bonchev–Trinajstić information content (AvgIpc) is 2.91. The molecule has 1 saturated heterocycles.